The molecule has 13 rings (SSSR count). The number of rotatable bonds is 1. The Bertz CT molecular complexity index is 2680. The summed E-state index contributed by atoms with van der Waals surface area (Å²) in [4.78, 5) is 50.5. The Morgan fingerprint density at radius 3 is 1.64 bits per heavy atom. The fourth-order valence-electron chi connectivity index (χ4n) is 11.9. The van der Waals surface area contributed by atoms with Gasteiger partial charge in [0.25, 0.3) is 11.8 Å². The molecule has 15 heteroatoms. The van der Waals surface area contributed by atoms with Gasteiger partial charge in [0.15, 0.2) is 0 Å². The van der Waals surface area contributed by atoms with E-state index in [-0.39, 0.29) is 33.7 Å². The number of likely N-dealkylation sites (N-methyl/N-ethyl adjacent to an activating group) is 2. The van der Waals surface area contributed by atoms with Gasteiger partial charge in [-0.2, -0.15) is 13.2 Å². The van der Waals surface area contributed by atoms with Crippen LogP contribution in [-0.4, -0.2) is 97.9 Å². The molecule has 59 heavy (non-hydrogen) atoms. The lowest BCUT2D eigenvalue weighted by atomic mass is 9.65. The first-order valence-electron chi connectivity index (χ1n) is 20.4. The maximum absolute atomic E-state index is 13.2. The number of alkyl halides is 3. The Hall–Kier alpha value is -5.05. The van der Waals surface area contributed by atoms with Crippen molar-refractivity contribution in [3.63, 3.8) is 0 Å². The number of likely N-dealkylation sites (tertiary alicyclic amines) is 2. The van der Waals surface area contributed by atoms with E-state index in [1.807, 2.05) is 18.3 Å². The highest BCUT2D eigenvalue weighted by atomic mass is 35.5. The number of aryl methyl sites for hydroxylation is 2. The second-order valence-electron chi connectivity index (χ2n) is 18.4. The number of hydrogen-bond acceptors (Lipinski definition) is 7. The Kier molecular flexibility index (Phi) is 7.05. The number of nitrogens with one attached hydrogen (secondary N) is 4. The van der Waals surface area contributed by atoms with Gasteiger partial charge in [-0.15, -0.1) is 0 Å². The SMILES string of the molecule is CN1CC2(C1)c1[nH]c3c(c1C(=O)NC21CC1)CCc1cnc(-c2ccc(C(F)(F)F)nc2)cc1-3.CN1CC2(C1)c1[nH]c3c(c1C(=O)NC21CC1)CCc1cnc(Cl)cc1-3. The van der Waals surface area contributed by atoms with Gasteiger partial charge in [0, 0.05) is 72.8 Å². The van der Waals surface area contributed by atoms with Crippen molar-refractivity contribution in [2.75, 3.05) is 40.3 Å². The first kappa shape index (κ1) is 35.9. The summed E-state index contributed by atoms with van der Waals surface area (Å²) < 4.78 is 38.8. The van der Waals surface area contributed by atoms with Gasteiger partial charge in [0.2, 0.25) is 0 Å². The number of carbonyl (C=O) groups is 2. The topological polar surface area (TPSA) is 135 Å². The zero-order chi connectivity index (χ0) is 40.4. The Labute approximate surface area is 342 Å². The quantitative estimate of drug-likeness (QED) is 0.153. The average molecular weight is 820 g/mol. The maximum atomic E-state index is 13.2. The van der Waals surface area contributed by atoms with Gasteiger partial charge in [-0.25, -0.2) is 4.98 Å². The van der Waals surface area contributed by atoms with Gasteiger partial charge >= 0.3 is 6.18 Å². The molecule has 9 heterocycles. The molecule has 302 valence electrons. The third kappa shape index (κ3) is 4.82. The molecule has 4 N–H and O–H groups in total. The summed E-state index contributed by atoms with van der Waals surface area (Å²) >= 11 is 6.16. The monoisotopic (exact) mass is 819 g/mol. The van der Waals surface area contributed by atoms with Crippen LogP contribution in [0.3, 0.4) is 0 Å². The summed E-state index contributed by atoms with van der Waals surface area (Å²) in [5, 5.41) is 7.24. The molecular weight excluding hydrogens is 779 g/mol. The number of carbonyl (C=O) groups excluding carboxylic acids is 2. The highest BCUT2D eigenvalue weighted by Crippen LogP contribution is 2.61. The molecular formula is C44H41ClF3N9O2. The van der Waals surface area contributed by atoms with E-state index in [4.69, 9.17) is 11.6 Å². The van der Waals surface area contributed by atoms with Gasteiger partial charge < -0.3 is 30.4 Å². The van der Waals surface area contributed by atoms with Crippen LogP contribution in [0.1, 0.15) is 85.7 Å². The first-order valence-corrected chi connectivity index (χ1v) is 20.8. The largest absolute Gasteiger partial charge is 0.433 e. The number of fused-ring (bicyclic) bond motifs is 14. The number of aromatic nitrogens is 5. The summed E-state index contributed by atoms with van der Waals surface area (Å²) in [6.45, 7) is 3.82. The fraction of sp³-hybridized carbons (Fsp3) is 0.432. The predicted molar refractivity (Wildman–Crippen MR) is 213 cm³/mol. The van der Waals surface area contributed by atoms with Crippen molar-refractivity contribution >= 4 is 23.4 Å². The van der Waals surface area contributed by atoms with Crippen molar-refractivity contribution in [2.45, 2.75) is 79.5 Å². The number of amides is 2. The molecule has 0 aromatic carbocycles. The second kappa shape index (κ2) is 11.6. The van der Waals surface area contributed by atoms with E-state index in [9.17, 15) is 22.8 Å². The van der Waals surface area contributed by atoms with E-state index >= 15 is 0 Å². The van der Waals surface area contributed by atoms with Gasteiger partial charge in [0.05, 0.1) is 50.1 Å². The molecule has 0 bridgehead atoms. The molecule has 2 saturated heterocycles. The lowest BCUT2D eigenvalue weighted by Gasteiger charge is -2.55. The molecule has 11 nitrogen and oxygen atoms in total. The molecule has 4 aliphatic carbocycles. The van der Waals surface area contributed by atoms with E-state index in [1.165, 1.54) is 17.8 Å². The fourth-order valence-corrected chi connectivity index (χ4v) is 12.0. The number of H-pyrrole nitrogens is 2. The molecule has 5 aromatic heterocycles. The zero-order valence-electron chi connectivity index (χ0n) is 32.6. The van der Waals surface area contributed by atoms with Crippen LogP contribution in [0.4, 0.5) is 13.2 Å². The van der Waals surface area contributed by atoms with Crippen LogP contribution >= 0.6 is 11.6 Å². The molecule has 0 unspecified atom stereocenters. The predicted octanol–water partition coefficient (Wildman–Crippen LogP) is 6.00. The van der Waals surface area contributed by atoms with Crippen LogP contribution in [-0.2, 0) is 42.7 Å². The van der Waals surface area contributed by atoms with E-state index in [0.29, 0.717) is 16.4 Å². The van der Waals surface area contributed by atoms with Gasteiger partial charge in [-0.05, 0) is 112 Å². The van der Waals surface area contributed by atoms with E-state index in [1.54, 1.807) is 6.20 Å². The van der Waals surface area contributed by atoms with Crippen LogP contribution in [0.25, 0.3) is 33.8 Å². The van der Waals surface area contributed by atoms with Gasteiger partial charge in [0.1, 0.15) is 10.8 Å². The van der Waals surface area contributed by atoms with Crippen molar-refractivity contribution in [3.8, 4) is 33.8 Å². The standard InChI is InChI=1S/C25H22F3N5O.C19H19ClN4O/c1-33-11-23(12-33)21-19(22(34)32-24(23)6-7-24)15-4-2-13-9-29-17(8-16(13)20(15)31-21)14-3-5-18(30-10-14)25(26,27)28;1-24-8-18(9-24)16-14(17(25)23-19(18)4-5-19)11-3-2-10-7-21-13(20)6-12(10)15(11)22-16/h3,5,8-10,31H,2,4,6-7,11-12H2,1H3,(H,32,34);6-7,22H,2-5,8-9H2,1H3,(H,23,25). The zero-order valence-corrected chi connectivity index (χ0v) is 33.3. The Morgan fingerprint density at radius 1 is 0.678 bits per heavy atom. The van der Waals surface area contributed by atoms with Crippen LogP contribution in [0.5, 0.6) is 0 Å². The summed E-state index contributed by atoms with van der Waals surface area (Å²) in [5.41, 5.74) is 12.4. The third-order valence-corrected chi connectivity index (χ3v) is 15.1. The van der Waals surface area contributed by atoms with E-state index < -0.39 is 11.9 Å². The number of hydrogen-bond donors (Lipinski definition) is 4. The number of nitrogens with zero attached hydrogens (tertiary/aromatic N) is 5. The molecule has 0 atom stereocenters. The summed E-state index contributed by atoms with van der Waals surface area (Å²) in [5.74, 6) is 0.114. The Morgan fingerprint density at radius 2 is 1.19 bits per heavy atom. The molecule has 0 radical (unpaired) electrons. The lowest BCUT2D eigenvalue weighted by Crippen LogP contribution is -2.71. The number of pyridine rings is 3. The summed E-state index contributed by atoms with van der Waals surface area (Å²) in [7, 11) is 4.26. The van der Waals surface area contributed by atoms with Crippen LogP contribution in [0.2, 0.25) is 5.15 Å². The Balaban J connectivity index is 0.000000134. The van der Waals surface area contributed by atoms with E-state index in [0.717, 1.165) is 145 Å². The molecule has 4 fully saturated rings. The highest BCUT2D eigenvalue weighted by Gasteiger charge is 2.70. The minimum atomic E-state index is -4.48. The normalized spacial score (nSPS) is 22.7. The average Bonchev–Trinajstić information content (AvgIpc) is 4.06. The molecule has 4 spiro atoms. The van der Waals surface area contributed by atoms with Crippen molar-refractivity contribution in [3.05, 3.63) is 98.5 Å². The number of halogens is 4. The minimum Gasteiger partial charge on any atom is -0.357 e. The second-order valence-corrected chi connectivity index (χ2v) is 18.7. The van der Waals surface area contributed by atoms with Gasteiger partial charge in [-0.3, -0.25) is 19.6 Å². The van der Waals surface area contributed by atoms with Crippen LogP contribution in [0, 0.1) is 0 Å². The number of aromatic amines is 2. The van der Waals surface area contributed by atoms with E-state index in [2.05, 4.69) is 59.4 Å². The van der Waals surface area contributed by atoms with Crippen molar-refractivity contribution < 1.29 is 22.8 Å². The smallest absolute Gasteiger partial charge is 0.357 e. The molecule has 2 amide bonds. The first-order chi connectivity index (χ1) is 28.2. The molecule has 8 aliphatic rings. The summed E-state index contributed by atoms with van der Waals surface area (Å²) in [6.07, 6.45) is 7.87. The molecule has 4 aliphatic heterocycles. The van der Waals surface area contributed by atoms with Crippen molar-refractivity contribution in [1.29, 1.82) is 0 Å². The molecule has 5 aromatic rings. The maximum Gasteiger partial charge on any atom is 0.433 e. The van der Waals surface area contributed by atoms with Gasteiger partial charge in [-0.1, -0.05) is 11.6 Å². The minimum absolute atomic E-state index is 0.00912. The molecule has 2 saturated carbocycles. The van der Waals surface area contributed by atoms with Crippen LogP contribution < -0.4 is 10.6 Å². The summed E-state index contributed by atoms with van der Waals surface area (Å²) in [6, 6.07) is 6.22. The lowest BCUT2D eigenvalue weighted by molar-refractivity contribution is -0.141. The van der Waals surface area contributed by atoms with Crippen molar-refractivity contribution in [1.82, 2.24) is 45.4 Å². The van der Waals surface area contributed by atoms with Crippen molar-refractivity contribution in [2.24, 2.45) is 0 Å². The highest BCUT2D eigenvalue weighted by molar-refractivity contribution is 6.29. The van der Waals surface area contributed by atoms with Crippen LogP contribution in [0.15, 0.2) is 42.9 Å². The third-order valence-electron chi connectivity index (χ3n) is 14.9.